The highest BCUT2D eigenvalue weighted by atomic mass is 32.2. The number of azo groups is 2. The van der Waals surface area contributed by atoms with Gasteiger partial charge in [-0.15, -0.1) is 23.2 Å². The molecule has 0 aliphatic carbocycles. The number of rotatable bonds is 19. The minimum absolute atomic E-state index is 0.261. The van der Waals surface area contributed by atoms with Crippen LogP contribution in [0.15, 0.2) is 149 Å². The van der Waals surface area contributed by atoms with Crippen molar-refractivity contribution in [1.82, 2.24) is 15.0 Å². The summed E-state index contributed by atoms with van der Waals surface area (Å²) in [5.74, 6) is 0.964. The first kappa shape index (κ1) is 46.5. The standard InChI is InChI=1S/C39H32N10O13S4/c50-57-60-63-29-9-11-33-23(17-29)18-30(64-61-58-51)21-35(33)47-45-27-5-1-25(2-6-27)40-37-42-38(44-39(43-37)49-13-15-56-16-14-49)41-26-3-7-28(8-4-26)46-48-36-22-31(65-62-59-52)19-24-20-32(66(53,54)55)10-12-34(24)36/h1-12,17-22,50-52H,13-16H2,(H,53,54,55)(H2,40,41,42,43,44)/b47-45+,48-46+. The molecule has 340 valence electrons. The van der Waals surface area contributed by atoms with Crippen molar-refractivity contribution in [1.29, 1.82) is 0 Å². The highest BCUT2D eigenvalue weighted by Crippen LogP contribution is 2.38. The third-order valence-corrected chi connectivity index (χ3v) is 11.8. The quantitative estimate of drug-likeness (QED) is 0.0144. The summed E-state index contributed by atoms with van der Waals surface area (Å²) in [4.78, 5) is 17.3. The van der Waals surface area contributed by atoms with Gasteiger partial charge < -0.3 is 20.3 Å². The van der Waals surface area contributed by atoms with Gasteiger partial charge in [0, 0.05) is 49.9 Å². The predicted octanol–water partition coefficient (Wildman–Crippen LogP) is 10.9. The van der Waals surface area contributed by atoms with Crippen molar-refractivity contribution in [3.63, 3.8) is 0 Å². The molecule has 23 nitrogen and oxygen atoms in total. The topological polar surface area (TPSA) is 295 Å². The van der Waals surface area contributed by atoms with E-state index in [1.165, 1.54) is 18.2 Å². The lowest BCUT2D eigenvalue weighted by Crippen LogP contribution is -2.37. The van der Waals surface area contributed by atoms with E-state index in [-0.39, 0.29) is 16.8 Å². The van der Waals surface area contributed by atoms with E-state index in [2.05, 4.69) is 69.2 Å². The third-order valence-electron chi connectivity index (χ3n) is 9.24. The average molecular weight is 977 g/mol. The number of anilines is 5. The maximum absolute atomic E-state index is 11.8. The van der Waals surface area contributed by atoms with Crippen LogP contribution in [0.4, 0.5) is 52.0 Å². The second-order valence-corrected chi connectivity index (χ2v) is 17.2. The van der Waals surface area contributed by atoms with Crippen molar-refractivity contribution >= 4 is 120 Å². The van der Waals surface area contributed by atoms with Gasteiger partial charge in [0.2, 0.25) is 17.8 Å². The van der Waals surface area contributed by atoms with Crippen LogP contribution in [0.2, 0.25) is 0 Å². The molecular formula is C39H32N10O13S4. The molecule has 0 amide bonds. The zero-order valence-corrected chi connectivity index (χ0v) is 36.7. The fourth-order valence-electron chi connectivity index (χ4n) is 6.32. The SMILES string of the molecule is O=S(=O)(O)c1ccc2c(/N=N/c3ccc(Nc4nc(Nc5ccc(/N=N/c6cc(SOOO)cc7cc(SOOO)ccc67)cc5)nc(N5CCOCC5)n4)cc3)cc(SOOO)cc2c1. The molecule has 1 saturated heterocycles. The lowest BCUT2D eigenvalue weighted by molar-refractivity contribution is -0.432. The molecule has 0 radical (unpaired) electrons. The van der Waals surface area contributed by atoms with Gasteiger partial charge in [0.25, 0.3) is 10.1 Å². The molecule has 1 aliphatic rings. The molecule has 0 atom stereocenters. The Bertz CT molecular complexity index is 2990. The molecule has 8 rings (SSSR count). The molecule has 1 fully saturated rings. The van der Waals surface area contributed by atoms with E-state index in [0.29, 0.717) is 104 Å². The summed E-state index contributed by atoms with van der Waals surface area (Å²) in [5.41, 5.74) is 3.14. The number of fused-ring (bicyclic) bond motifs is 2. The number of aromatic nitrogens is 3. The number of morpholine rings is 1. The van der Waals surface area contributed by atoms with E-state index >= 15 is 0 Å². The first-order valence-corrected chi connectivity index (χ1v) is 22.5. The van der Waals surface area contributed by atoms with Crippen molar-refractivity contribution in [2.75, 3.05) is 41.8 Å². The third kappa shape index (κ3) is 12.3. The number of ether oxygens (including phenoxy) is 1. The molecular weight excluding hydrogens is 945 g/mol. The van der Waals surface area contributed by atoms with Crippen LogP contribution in [0.1, 0.15) is 0 Å². The smallest absolute Gasteiger partial charge is 0.294 e. The molecule has 1 aromatic heterocycles. The summed E-state index contributed by atoms with van der Waals surface area (Å²) in [6, 6.07) is 30.0. The van der Waals surface area contributed by atoms with Crippen molar-refractivity contribution in [3.8, 4) is 0 Å². The minimum Gasteiger partial charge on any atom is -0.378 e. The largest absolute Gasteiger partial charge is 0.378 e. The molecule has 6 N–H and O–H groups in total. The van der Waals surface area contributed by atoms with Crippen LogP contribution >= 0.6 is 36.1 Å². The number of nitrogens with zero attached hydrogens (tertiary/aromatic N) is 8. The van der Waals surface area contributed by atoms with Gasteiger partial charge in [0.05, 0.1) is 77.0 Å². The molecule has 2 heterocycles. The Labute approximate surface area is 385 Å². The van der Waals surface area contributed by atoms with Crippen molar-refractivity contribution < 1.29 is 61.6 Å². The molecule has 27 heteroatoms. The Hall–Kier alpha value is -5.99. The second-order valence-electron chi connectivity index (χ2n) is 13.4. The summed E-state index contributed by atoms with van der Waals surface area (Å²) in [7, 11) is -4.48. The molecule has 0 unspecified atom stereocenters. The van der Waals surface area contributed by atoms with E-state index in [9.17, 15) is 13.0 Å². The van der Waals surface area contributed by atoms with Crippen molar-refractivity contribution in [3.05, 3.63) is 109 Å². The van der Waals surface area contributed by atoms with Crippen LogP contribution in [-0.4, -0.2) is 70.0 Å². The summed E-state index contributed by atoms with van der Waals surface area (Å²) in [6.45, 7) is 2.18. The maximum atomic E-state index is 11.8. The lowest BCUT2D eigenvalue weighted by atomic mass is 10.1. The van der Waals surface area contributed by atoms with E-state index in [1.54, 1.807) is 91.0 Å². The molecule has 7 aromatic rings. The first-order valence-electron chi connectivity index (χ1n) is 18.9. The molecule has 1 aliphatic heterocycles. The van der Waals surface area contributed by atoms with Gasteiger partial charge in [0.1, 0.15) is 0 Å². The fourth-order valence-corrected chi connectivity index (χ4v) is 8.14. The summed E-state index contributed by atoms with van der Waals surface area (Å²) < 4.78 is 52.4. The number of nitrogens with one attached hydrogen (secondary N) is 2. The second kappa shape index (κ2) is 22.0. The van der Waals surface area contributed by atoms with Crippen LogP contribution in [-0.2, 0) is 43.0 Å². The Kier molecular flexibility index (Phi) is 15.5. The lowest BCUT2D eigenvalue weighted by Gasteiger charge is -2.27. The minimum atomic E-state index is -4.48. The predicted molar refractivity (Wildman–Crippen MR) is 240 cm³/mol. The zero-order valence-electron chi connectivity index (χ0n) is 33.4. The number of benzene rings is 6. The summed E-state index contributed by atoms with van der Waals surface area (Å²) in [5, 5.41) is 63.5. The number of hydrogen-bond donors (Lipinski definition) is 6. The monoisotopic (exact) mass is 976 g/mol. The number of hydrogen-bond acceptors (Lipinski definition) is 25. The van der Waals surface area contributed by atoms with Crippen LogP contribution in [0.5, 0.6) is 0 Å². The Morgan fingerprint density at radius 1 is 0.576 bits per heavy atom. The van der Waals surface area contributed by atoms with Gasteiger partial charge in [-0.2, -0.15) is 33.6 Å². The zero-order chi connectivity index (χ0) is 45.9. The van der Waals surface area contributed by atoms with Crippen LogP contribution in [0.25, 0.3) is 21.5 Å². The van der Waals surface area contributed by atoms with Gasteiger partial charge >= 0.3 is 0 Å². The van der Waals surface area contributed by atoms with Crippen LogP contribution in [0, 0.1) is 0 Å². The van der Waals surface area contributed by atoms with Crippen molar-refractivity contribution in [2.24, 2.45) is 20.5 Å². The molecule has 0 saturated carbocycles. The fraction of sp³-hybridized carbons (Fsp3) is 0.103. The Balaban J connectivity index is 0.990. The maximum Gasteiger partial charge on any atom is 0.294 e. The highest BCUT2D eigenvalue weighted by Gasteiger charge is 2.18. The molecule has 66 heavy (non-hydrogen) atoms. The van der Waals surface area contributed by atoms with Crippen LogP contribution < -0.4 is 15.5 Å². The summed E-state index contributed by atoms with van der Waals surface area (Å²) >= 11 is 2.21. The van der Waals surface area contributed by atoms with Crippen molar-refractivity contribution in [2.45, 2.75) is 19.6 Å². The molecule has 0 spiro atoms. The average Bonchev–Trinajstić information content (AvgIpc) is 3.33. The first-order chi connectivity index (χ1) is 32.1. The highest BCUT2D eigenvalue weighted by molar-refractivity contribution is 7.95. The van der Waals surface area contributed by atoms with E-state index in [1.807, 2.05) is 4.90 Å². The van der Waals surface area contributed by atoms with Gasteiger partial charge in [-0.1, -0.05) is 27.2 Å². The van der Waals surface area contributed by atoms with Gasteiger partial charge in [-0.05, 0) is 108 Å². The normalized spacial score (nSPS) is 13.4. The van der Waals surface area contributed by atoms with Crippen LogP contribution in [0.3, 0.4) is 0 Å². The van der Waals surface area contributed by atoms with E-state index in [4.69, 9.17) is 25.5 Å². The summed E-state index contributed by atoms with van der Waals surface area (Å²) in [6.07, 6.45) is 0. The van der Waals surface area contributed by atoms with E-state index < -0.39 is 10.1 Å². The van der Waals surface area contributed by atoms with Gasteiger partial charge in [-0.3, -0.25) is 4.55 Å². The Morgan fingerprint density at radius 2 is 1.05 bits per heavy atom. The van der Waals surface area contributed by atoms with Gasteiger partial charge in [-0.25, -0.2) is 15.8 Å². The molecule has 0 bridgehead atoms. The van der Waals surface area contributed by atoms with Gasteiger partial charge in [0.15, 0.2) is 0 Å². The van der Waals surface area contributed by atoms with E-state index in [0.717, 1.165) is 34.9 Å². The Morgan fingerprint density at radius 3 is 1.55 bits per heavy atom. The molecule has 6 aromatic carbocycles.